The number of carbonyl (C=O) groups excluding carboxylic acids is 2. The minimum atomic E-state index is -0.659. The Labute approximate surface area is 192 Å². The predicted octanol–water partition coefficient (Wildman–Crippen LogP) is 2.62. The fourth-order valence-electron chi connectivity index (χ4n) is 4.89. The van der Waals surface area contributed by atoms with Gasteiger partial charge in [-0.15, -0.1) is 24.8 Å². The second kappa shape index (κ2) is 10.8. The fraction of sp³-hybridized carbons (Fsp3) is 0.636. The second-order valence-corrected chi connectivity index (χ2v) is 8.56. The zero-order valence-electron chi connectivity index (χ0n) is 17.6. The Morgan fingerprint density at radius 2 is 1.57 bits per heavy atom. The van der Waals surface area contributed by atoms with E-state index in [0.29, 0.717) is 19.6 Å². The third kappa shape index (κ3) is 5.28. The van der Waals surface area contributed by atoms with Crippen molar-refractivity contribution < 1.29 is 9.59 Å². The van der Waals surface area contributed by atoms with Crippen LogP contribution in [0, 0.1) is 0 Å². The number of fused-ring (bicyclic) bond motifs is 1. The average Bonchev–Trinajstić information content (AvgIpc) is 2.74. The van der Waals surface area contributed by atoms with Gasteiger partial charge >= 0.3 is 0 Å². The summed E-state index contributed by atoms with van der Waals surface area (Å²) in [5.41, 5.74) is 8.09. The minimum absolute atomic E-state index is 0. The lowest BCUT2D eigenvalue weighted by atomic mass is 9.81. The molecule has 2 aliphatic heterocycles. The van der Waals surface area contributed by atoms with Crippen LogP contribution in [0.25, 0.3) is 0 Å². The van der Waals surface area contributed by atoms with Gasteiger partial charge in [0.05, 0.1) is 12.1 Å². The molecule has 2 fully saturated rings. The van der Waals surface area contributed by atoms with Gasteiger partial charge in [0.15, 0.2) is 0 Å². The van der Waals surface area contributed by atoms with Crippen LogP contribution in [0.2, 0.25) is 0 Å². The molecular formula is C22H34Cl2N4O2. The van der Waals surface area contributed by atoms with Crippen LogP contribution in [-0.2, 0) is 16.0 Å². The quantitative estimate of drug-likeness (QED) is 0.758. The molecule has 6 nitrogen and oxygen atoms in total. The first-order valence-electron chi connectivity index (χ1n) is 10.8. The maximum atomic E-state index is 12.9. The van der Waals surface area contributed by atoms with Gasteiger partial charge in [-0.3, -0.25) is 14.5 Å². The van der Waals surface area contributed by atoms with E-state index >= 15 is 0 Å². The summed E-state index contributed by atoms with van der Waals surface area (Å²) >= 11 is 0. The molecule has 30 heavy (non-hydrogen) atoms. The van der Waals surface area contributed by atoms with Crippen molar-refractivity contribution in [3.63, 3.8) is 0 Å². The van der Waals surface area contributed by atoms with E-state index in [1.807, 2.05) is 28.0 Å². The van der Waals surface area contributed by atoms with Crippen LogP contribution in [-0.4, -0.2) is 66.4 Å². The van der Waals surface area contributed by atoms with E-state index in [0.717, 1.165) is 63.8 Å². The Morgan fingerprint density at radius 1 is 0.900 bits per heavy atom. The predicted molar refractivity (Wildman–Crippen MR) is 125 cm³/mol. The molecule has 168 valence electrons. The van der Waals surface area contributed by atoms with Crippen molar-refractivity contribution >= 4 is 42.3 Å². The number of piperazine rings is 1. The number of rotatable bonds is 3. The maximum absolute atomic E-state index is 12.9. The normalized spacial score (nSPS) is 21.1. The van der Waals surface area contributed by atoms with E-state index in [1.54, 1.807) is 0 Å². The summed E-state index contributed by atoms with van der Waals surface area (Å²) < 4.78 is 0. The number of amides is 2. The topological polar surface area (TPSA) is 69.9 Å². The number of carbonyl (C=O) groups is 2. The van der Waals surface area contributed by atoms with E-state index in [-0.39, 0.29) is 36.6 Å². The summed E-state index contributed by atoms with van der Waals surface area (Å²) in [5.74, 6) is 0.276. The van der Waals surface area contributed by atoms with Crippen molar-refractivity contribution in [2.45, 2.75) is 50.5 Å². The van der Waals surface area contributed by atoms with Crippen LogP contribution in [0.5, 0.6) is 0 Å². The fourth-order valence-corrected chi connectivity index (χ4v) is 4.89. The van der Waals surface area contributed by atoms with Gasteiger partial charge in [-0.05, 0) is 37.3 Å². The zero-order valence-corrected chi connectivity index (χ0v) is 19.2. The molecular weight excluding hydrogens is 423 g/mol. The molecule has 1 aromatic rings. The first-order chi connectivity index (χ1) is 13.6. The van der Waals surface area contributed by atoms with Crippen molar-refractivity contribution in [1.82, 2.24) is 9.80 Å². The summed E-state index contributed by atoms with van der Waals surface area (Å²) in [6, 6.07) is 8.21. The lowest BCUT2D eigenvalue weighted by Gasteiger charge is -2.41. The van der Waals surface area contributed by atoms with Crippen LogP contribution >= 0.6 is 24.8 Å². The third-order valence-corrected chi connectivity index (χ3v) is 6.60. The number of nitrogens with zero attached hydrogens (tertiary/aromatic N) is 3. The van der Waals surface area contributed by atoms with Crippen LogP contribution < -0.4 is 10.6 Å². The van der Waals surface area contributed by atoms with Crippen molar-refractivity contribution in [3.05, 3.63) is 29.8 Å². The van der Waals surface area contributed by atoms with E-state index in [9.17, 15) is 9.59 Å². The third-order valence-electron chi connectivity index (χ3n) is 6.60. The summed E-state index contributed by atoms with van der Waals surface area (Å²) in [5, 5.41) is 0. The molecule has 2 N–H and O–H groups in total. The number of aryl methyl sites for hydroxylation is 1. The zero-order chi connectivity index (χ0) is 19.6. The van der Waals surface area contributed by atoms with Crippen molar-refractivity contribution in [2.75, 3.05) is 44.2 Å². The molecule has 2 heterocycles. The number of nitrogens with two attached hydrogens (primary N) is 1. The highest BCUT2D eigenvalue weighted by atomic mass is 35.5. The standard InChI is InChI=1S/C22H32N4O2.2ClH/c23-22(10-4-1-5-11-22)21(28)25-15-13-24(14-16-25)17-20(27)26-12-6-8-18-7-2-3-9-19(18)26;;/h2-3,7,9H,1,4-6,8,10-17,23H2;2*1H. The highest BCUT2D eigenvalue weighted by Crippen LogP contribution is 2.29. The van der Waals surface area contributed by atoms with Gasteiger partial charge in [0.1, 0.15) is 0 Å². The summed E-state index contributed by atoms with van der Waals surface area (Å²) in [7, 11) is 0. The molecule has 0 atom stereocenters. The van der Waals surface area contributed by atoms with Crippen molar-refractivity contribution in [3.8, 4) is 0 Å². The average molecular weight is 457 g/mol. The molecule has 1 aliphatic carbocycles. The molecule has 1 aromatic carbocycles. The molecule has 0 aromatic heterocycles. The van der Waals surface area contributed by atoms with Crippen LogP contribution in [0.3, 0.4) is 0 Å². The Kier molecular flexibility index (Phi) is 8.98. The molecule has 1 saturated heterocycles. The van der Waals surface area contributed by atoms with E-state index in [4.69, 9.17) is 5.73 Å². The molecule has 0 radical (unpaired) electrons. The SMILES string of the molecule is Cl.Cl.NC1(C(=O)N2CCN(CC(=O)N3CCCc4ccccc43)CC2)CCCCC1. The second-order valence-electron chi connectivity index (χ2n) is 8.56. The van der Waals surface area contributed by atoms with Gasteiger partial charge in [-0.1, -0.05) is 37.5 Å². The van der Waals surface area contributed by atoms with Crippen LogP contribution in [0.15, 0.2) is 24.3 Å². The Bertz CT molecular complexity index is 732. The molecule has 4 rings (SSSR count). The summed E-state index contributed by atoms with van der Waals surface area (Å²) in [6.45, 7) is 4.03. The molecule has 0 bridgehead atoms. The number of para-hydroxylation sites is 1. The van der Waals surface area contributed by atoms with Crippen LogP contribution in [0.1, 0.15) is 44.1 Å². The molecule has 8 heteroatoms. The lowest BCUT2D eigenvalue weighted by molar-refractivity contribution is -0.140. The van der Waals surface area contributed by atoms with Gasteiger partial charge in [0.25, 0.3) is 0 Å². The monoisotopic (exact) mass is 456 g/mol. The summed E-state index contributed by atoms with van der Waals surface area (Å²) in [6.07, 6.45) is 6.95. The van der Waals surface area contributed by atoms with Gasteiger partial charge in [-0.2, -0.15) is 0 Å². The van der Waals surface area contributed by atoms with Crippen molar-refractivity contribution in [2.24, 2.45) is 5.73 Å². The number of hydrogen-bond acceptors (Lipinski definition) is 4. The Hall–Kier alpha value is -1.34. The first kappa shape index (κ1) is 24.9. The lowest BCUT2D eigenvalue weighted by Crippen LogP contribution is -2.60. The van der Waals surface area contributed by atoms with E-state index in [1.165, 1.54) is 12.0 Å². The number of anilines is 1. The Morgan fingerprint density at radius 3 is 2.27 bits per heavy atom. The van der Waals surface area contributed by atoms with E-state index in [2.05, 4.69) is 11.0 Å². The molecule has 2 amide bonds. The highest BCUT2D eigenvalue weighted by Gasteiger charge is 2.39. The molecule has 1 saturated carbocycles. The number of benzene rings is 1. The molecule has 0 unspecified atom stereocenters. The number of hydrogen-bond donors (Lipinski definition) is 1. The van der Waals surface area contributed by atoms with Gasteiger partial charge in [0, 0.05) is 38.4 Å². The minimum Gasteiger partial charge on any atom is -0.339 e. The van der Waals surface area contributed by atoms with E-state index < -0.39 is 5.54 Å². The van der Waals surface area contributed by atoms with Gasteiger partial charge in [0.2, 0.25) is 11.8 Å². The number of halogens is 2. The van der Waals surface area contributed by atoms with Gasteiger partial charge in [-0.25, -0.2) is 0 Å². The Balaban J connectivity index is 0.00000160. The molecule has 0 spiro atoms. The maximum Gasteiger partial charge on any atom is 0.242 e. The van der Waals surface area contributed by atoms with Crippen molar-refractivity contribution in [1.29, 1.82) is 0 Å². The highest BCUT2D eigenvalue weighted by molar-refractivity contribution is 5.96. The molecule has 3 aliphatic rings. The smallest absolute Gasteiger partial charge is 0.242 e. The van der Waals surface area contributed by atoms with Crippen LogP contribution in [0.4, 0.5) is 5.69 Å². The largest absolute Gasteiger partial charge is 0.339 e. The first-order valence-corrected chi connectivity index (χ1v) is 10.8. The summed E-state index contributed by atoms with van der Waals surface area (Å²) in [4.78, 5) is 31.9. The van der Waals surface area contributed by atoms with Gasteiger partial charge < -0.3 is 15.5 Å².